The molecule has 6 nitrogen and oxygen atoms in total. The molecule has 1 aliphatic heterocycles. The Bertz CT molecular complexity index is 801. The van der Waals surface area contributed by atoms with Gasteiger partial charge in [0.2, 0.25) is 10.0 Å². The van der Waals surface area contributed by atoms with Gasteiger partial charge in [0.05, 0.1) is 4.90 Å². The summed E-state index contributed by atoms with van der Waals surface area (Å²) in [5.41, 5.74) is 5.01. The van der Waals surface area contributed by atoms with Crippen molar-refractivity contribution in [2.24, 2.45) is 5.73 Å². The normalized spacial score (nSPS) is 18.6. The van der Waals surface area contributed by atoms with Gasteiger partial charge in [-0.25, -0.2) is 8.42 Å². The van der Waals surface area contributed by atoms with Crippen molar-refractivity contribution in [3.05, 3.63) is 46.7 Å². The van der Waals surface area contributed by atoms with Crippen LogP contribution in [0.15, 0.2) is 46.7 Å². The van der Waals surface area contributed by atoms with Crippen LogP contribution < -0.4 is 10.5 Å². The number of nitrogens with two attached hydrogens (primary N) is 1. The summed E-state index contributed by atoms with van der Waals surface area (Å²) < 4.78 is 32.2. The third-order valence-corrected chi connectivity index (χ3v) is 6.85. The summed E-state index contributed by atoms with van der Waals surface area (Å²) in [7, 11) is -3.52. The lowest BCUT2D eigenvalue weighted by molar-refractivity contribution is -0.119. The maximum atomic E-state index is 12.7. The predicted molar refractivity (Wildman–Crippen MR) is 91.6 cm³/mol. The summed E-state index contributed by atoms with van der Waals surface area (Å²) in [5.74, 6) is 0.0898. The van der Waals surface area contributed by atoms with E-state index in [-0.39, 0.29) is 17.4 Å². The molecule has 2 aromatic rings. The first-order valence-electron chi connectivity index (χ1n) is 7.51. The average Bonchev–Trinajstić information content (AvgIpc) is 3.24. The van der Waals surface area contributed by atoms with Crippen molar-refractivity contribution in [3.63, 3.8) is 0 Å². The van der Waals surface area contributed by atoms with Crippen LogP contribution in [-0.4, -0.2) is 38.3 Å². The van der Waals surface area contributed by atoms with Crippen LogP contribution in [0.4, 0.5) is 0 Å². The Morgan fingerprint density at radius 1 is 1.29 bits per heavy atom. The molecule has 0 saturated carbocycles. The molecule has 1 saturated heterocycles. The summed E-state index contributed by atoms with van der Waals surface area (Å²) >= 11 is 1.66. The highest BCUT2D eigenvalue weighted by Crippen LogP contribution is 2.33. The van der Waals surface area contributed by atoms with E-state index >= 15 is 0 Å². The Labute approximate surface area is 144 Å². The van der Waals surface area contributed by atoms with Gasteiger partial charge in [-0.15, -0.1) is 11.3 Å². The van der Waals surface area contributed by atoms with Gasteiger partial charge in [0, 0.05) is 23.9 Å². The molecular weight excluding hydrogens is 348 g/mol. The summed E-state index contributed by atoms with van der Waals surface area (Å²) in [6.45, 7) is 0.786. The van der Waals surface area contributed by atoms with Crippen molar-refractivity contribution in [1.82, 2.24) is 4.31 Å². The average molecular weight is 366 g/mol. The van der Waals surface area contributed by atoms with Crippen LogP contribution in [0.2, 0.25) is 0 Å². The summed E-state index contributed by atoms with van der Waals surface area (Å²) in [6, 6.07) is 10.1. The lowest BCUT2D eigenvalue weighted by Gasteiger charge is -2.16. The van der Waals surface area contributed by atoms with Gasteiger partial charge in [-0.05, 0) is 42.1 Å². The Morgan fingerprint density at radius 2 is 2.04 bits per heavy atom. The number of nitrogens with zero attached hydrogens (tertiary/aromatic N) is 1. The number of hydrogen-bond donors (Lipinski definition) is 1. The number of carbonyl (C=O) groups excluding carboxylic acids is 1. The Kier molecular flexibility index (Phi) is 4.88. The number of rotatable bonds is 6. The molecule has 128 valence electrons. The van der Waals surface area contributed by atoms with Gasteiger partial charge in [-0.1, -0.05) is 6.07 Å². The minimum atomic E-state index is -3.52. The lowest BCUT2D eigenvalue weighted by atomic mass is 10.1. The molecule has 0 spiro atoms. The molecule has 8 heteroatoms. The Balaban J connectivity index is 1.70. The lowest BCUT2D eigenvalue weighted by Crippen LogP contribution is -2.28. The zero-order valence-electron chi connectivity index (χ0n) is 12.9. The molecule has 2 N–H and O–H groups in total. The zero-order chi connectivity index (χ0) is 17.2. The van der Waals surface area contributed by atoms with E-state index in [0.717, 1.165) is 6.42 Å². The van der Waals surface area contributed by atoms with Crippen molar-refractivity contribution in [1.29, 1.82) is 0 Å². The monoisotopic (exact) mass is 366 g/mol. The fourth-order valence-electron chi connectivity index (χ4n) is 2.71. The number of benzene rings is 1. The van der Waals surface area contributed by atoms with E-state index in [1.165, 1.54) is 33.4 Å². The van der Waals surface area contributed by atoms with Gasteiger partial charge in [0.1, 0.15) is 5.75 Å². The van der Waals surface area contributed by atoms with Crippen LogP contribution >= 0.6 is 11.3 Å². The van der Waals surface area contributed by atoms with E-state index in [0.29, 0.717) is 18.8 Å². The molecule has 1 aromatic carbocycles. The molecule has 1 amide bonds. The van der Waals surface area contributed by atoms with Crippen LogP contribution in [0.5, 0.6) is 5.75 Å². The maximum absolute atomic E-state index is 12.7. The maximum Gasteiger partial charge on any atom is 0.255 e. The molecule has 1 fully saturated rings. The quantitative estimate of drug-likeness (QED) is 0.844. The van der Waals surface area contributed by atoms with Gasteiger partial charge < -0.3 is 10.5 Å². The molecular formula is C16H18N2O4S2. The van der Waals surface area contributed by atoms with Crippen LogP contribution in [0.25, 0.3) is 0 Å². The first-order chi connectivity index (χ1) is 11.5. The number of hydrogen-bond acceptors (Lipinski definition) is 5. The molecule has 24 heavy (non-hydrogen) atoms. The van der Waals surface area contributed by atoms with Crippen molar-refractivity contribution in [2.45, 2.75) is 17.2 Å². The molecule has 3 rings (SSSR count). The van der Waals surface area contributed by atoms with Gasteiger partial charge in [0.25, 0.3) is 5.91 Å². The molecule has 1 atom stereocenters. The molecule has 2 heterocycles. The summed E-state index contributed by atoms with van der Waals surface area (Å²) in [4.78, 5) is 12.1. The fraction of sp³-hybridized carbons (Fsp3) is 0.312. The zero-order valence-corrected chi connectivity index (χ0v) is 14.6. The van der Waals surface area contributed by atoms with Gasteiger partial charge in [0.15, 0.2) is 6.61 Å². The third-order valence-electron chi connectivity index (χ3n) is 3.94. The number of amides is 1. The van der Waals surface area contributed by atoms with E-state index in [1.54, 1.807) is 11.3 Å². The van der Waals surface area contributed by atoms with E-state index in [9.17, 15) is 13.2 Å². The van der Waals surface area contributed by atoms with E-state index in [2.05, 4.69) is 6.07 Å². The second-order valence-electron chi connectivity index (χ2n) is 5.59. The molecule has 0 bridgehead atoms. The third kappa shape index (κ3) is 3.61. The first kappa shape index (κ1) is 16.9. The van der Waals surface area contributed by atoms with Crippen LogP contribution in [0.1, 0.15) is 17.2 Å². The van der Waals surface area contributed by atoms with Crippen LogP contribution in [0, 0.1) is 0 Å². The molecule has 0 radical (unpaired) electrons. The predicted octanol–water partition coefficient (Wildman–Crippen LogP) is 1.79. The minimum Gasteiger partial charge on any atom is -0.484 e. The fourth-order valence-corrected chi connectivity index (χ4v) is 5.07. The topological polar surface area (TPSA) is 89.7 Å². The summed E-state index contributed by atoms with van der Waals surface area (Å²) in [6.07, 6.45) is 0.833. The van der Waals surface area contributed by atoms with Crippen LogP contribution in [-0.2, 0) is 14.8 Å². The number of sulfonamides is 1. The van der Waals surface area contributed by atoms with Gasteiger partial charge in [-0.2, -0.15) is 4.31 Å². The number of ether oxygens (including phenoxy) is 1. The van der Waals surface area contributed by atoms with E-state index < -0.39 is 15.9 Å². The molecule has 0 aliphatic carbocycles. The standard InChI is InChI=1S/C16H18N2O4S2/c17-16(19)11-22-13-3-5-14(6-4-13)24(20,21)18-8-7-12(10-18)15-2-1-9-23-15/h1-6,9,12H,7-8,10-11H2,(H2,17,19). The van der Waals surface area contributed by atoms with Gasteiger partial charge in [-0.3, -0.25) is 4.79 Å². The van der Waals surface area contributed by atoms with Crippen molar-refractivity contribution in [3.8, 4) is 5.75 Å². The second-order valence-corrected chi connectivity index (χ2v) is 8.51. The second kappa shape index (κ2) is 6.92. The highest BCUT2D eigenvalue weighted by molar-refractivity contribution is 7.89. The smallest absolute Gasteiger partial charge is 0.255 e. The van der Waals surface area contributed by atoms with Crippen LogP contribution in [0.3, 0.4) is 0 Å². The highest BCUT2D eigenvalue weighted by Gasteiger charge is 2.33. The highest BCUT2D eigenvalue weighted by atomic mass is 32.2. The molecule has 1 unspecified atom stereocenters. The van der Waals surface area contributed by atoms with Crippen molar-refractivity contribution < 1.29 is 17.9 Å². The summed E-state index contributed by atoms with van der Waals surface area (Å²) in [5, 5.41) is 2.01. The van der Waals surface area contributed by atoms with E-state index in [4.69, 9.17) is 10.5 Å². The minimum absolute atomic E-state index is 0.223. The largest absolute Gasteiger partial charge is 0.484 e. The SMILES string of the molecule is NC(=O)COc1ccc(S(=O)(=O)N2CCC(c3cccs3)C2)cc1. The first-order valence-corrected chi connectivity index (χ1v) is 9.83. The number of carbonyl (C=O) groups is 1. The molecule has 1 aromatic heterocycles. The Hall–Kier alpha value is -1.90. The molecule has 1 aliphatic rings. The van der Waals surface area contributed by atoms with Crippen molar-refractivity contribution >= 4 is 27.3 Å². The number of thiophene rings is 1. The van der Waals surface area contributed by atoms with Gasteiger partial charge >= 0.3 is 0 Å². The Morgan fingerprint density at radius 3 is 2.67 bits per heavy atom. The van der Waals surface area contributed by atoms with E-state index in [1.807, 2.05) is 11.4 Å². The van der Waals surface area contributed by atoms with Crippen molar-refractivity contribution in [2.75, 3.05) is 19.7 Å². The number of primary amides is 1.